The normalized spacial score (nSPS) is 21.9. The van der Waals surface area contributed by atoms with Gasteiger partial charge in [0.25, 0.3) is 0 Å². The predicted molar refractivity (Wildman–Crippen MR) is 62.8 cm³/mol. The second-order valence-corrected chi connectivity index (χ2v) is 5.70. The number of amides is 2. The molecule has 1 aliphatic rings. The molecule has 1 atom stereocenters. The molecular weight excluding hydrogens is 188 g/mol. The summed E-state index contributed by atoms with van der Waals surface area (Å²) in [5.74, 6) is 0.688. The van der Waals surface area contributed by atoms with E-state index in [0.29, 0.717) is 11.3 Å². The summed E-state index contributed by atoms with van der Waals surface area (Å²) in [4.78, 5) is 13.5. The lowest BCUT2D eigenvalue weighted by Gasteiger charge is -2.23. The van der Waals surface area contributed by atoms with Crippen LogP contribution in [0.1, 0.15) is 40.5 Å². The Morgan fingerprint density at radius 1 is 1.47 bits per heavy atom. The highest BCUT2D eigenvalue weighted by molar-refractivity contribution is 5.74. The summed E-state index contributed by atoms with van der Waals surface area (Å²) in [6.07, 6.45) is 2.37. The molecule has 1 heterocycles. The first-order chi connectivity index (χ1) is 6.92. The van der Waals surface area contributed by atoms with E-state index in [-0.39, 0.29) is 6.03 Å². The highest BCUT2D eigenvalue weighted by Gasteiger charge is 2.28. The summed E-state index contributed by atoms with van der Waals surface area (Å²) in [6.45, 7) is 11.3. The number of likely N-dealkylation sites (tertiary alicyclic amines) is 1. The molecule has 0 aromatic rings. The van der Waals surface area contributed by atoms with E-state index >= 15 is 0 Å². The Labute approximate surface area is 93.2 Å². The molecule has 0 unspecified atom stereocenters. The monoisotopic (exact) mass is 212 g/mol. The van der Waals surface area contributed by atoms with Crippen LogP contribution >= 0.6 is 0 Å². The van der Waals surface area contributed by atoms with Crippen LogP contribution in [0.5, 0.6) is 0 Å². The van der Waals surface area contributed by atoms with Gasteiger partial charge in [0.2, 0.25) is 0 Å². The van der Waals surface area contributed by atoms with Gasteiger partial charge in [0.1, 0.15) is 0 Å². The Hall–Kier alpha value is -0.730. The zero-order valence-corrected chi connectivity index (χ0v) is 10.5. The van der Waals surface area contributed by atoms with Crippen molar-refractivity contribution in [3.05, 3.63) is 0 Å². The Morgan fingerprint density at radius 3 is 2.67 bits per heavy atom. The molecule has 0 spiro atoms. The molecule has 88 valence electrons. The predicted octanol–water partition coefficient (Wildman–Crippen LogP) is 2.47. The zero-order valence-electron chi connectivity index (χ0n) is 10.5. The van der Waals surface area contributed by atoms with Crippen molar-refractivity contribution in [2.45, 2.75) is 40.5 Å². The van der Waals surface area contributed by atoms with Crippen LogP contribution in [0.25, 0.3) is 0 Å². The van der Waals surface area contributed by atoms with E-state index < -0.39 is 0 Å². The molecule has 15 heavy (non-hydrogen) atoms. The lowest BCUT2D eigenvalue weighted by Crippen LogP contribution is -2.38. The van der Waals surface area contributed by atoms with Gasteiger partial charge in [0.05, 0.1) is 0 Å². The summed E-state index contributed by atoms with van der Waals surface area (Å²) in [7, 11) is 0. The van der Waals surface area contributed by atoms with Crippen LogP contribution < -0.4 is 5.32 Å². The van der Waals surface area contributed by atoms with Gasteiger partial charge in [-0.25, -0.2) is 4.79 Å². The molecule has 1 rings (SSSR count). The fourth-order valence-corrected chi connectivity index (χ4v) is 2.31. The second kappa shape index (κ2) is 4.86. The van der Waals surface area contributed by atoms with Crippen LogP contribution in [0.15, 0.2) is 0 Å². The van der Waals surface area contributed by atoms with Gasteiger partial charge in [0.15, 0.2) is 0 Å². The van der Waals surface area contributed by atoms with E-state index in [1.807, 2.05) is 11.8 Å². The highest BCUT2D eigenvalue weighted by atomic mass is 16.2. The number of nitrogens with zero attached hydrogens (tertiary/aromatic N) is 1. The van der Waals surface area contributed by atoms with Crippen molar-refractivity contribution in [3.63, 3.8) is 0 Å². The lowest BCUT2D eigenvalue weighted by atomic mass is 9.84. The molecule has 2 amide bonds. The fourth-order valence-electron chi connectivity index (χ4n) is 2.31. The van der Waals surface area contributed by atoms with Crippen molar-refractivity contribution >= 4 is 6.03 Å². The second-order valence-electron chi connectivity index (χ2n) is 5.70. The minimum absolute atomic E-state index is 0.105. The molecule has 0 aliphatic carbocycles. The molecule has 1 saturated heterocycles. The zero-order chi connectivity index (χ0) is 11.5. The van der Waals surface area contributed by atoms with Crippen LogP contribution in [0.2, 0.25) is 0 Å². The van der Waals surface area contributed by atoms with E-state index in [1.165, 1.54) is 6.42 Å². The first kappa shape index (κ1) is 12.3. The third kappa shape index (κ3) is 4.10. The minimum atomic E-state index is 0.105. The molecular formula is C12H24N2O. The Bertz CT molecular complexity index is 220. The Balaban J connectivity index is 2.36. The van der Waals surface area contributed by atoms with Gasteiger partial charge in [0, 0.05) is 19.6 Å². The maximum absolute atomic E-state index is 11.6. The summed E-state index contributed by atoms with van der Waals surface area (Å²) in [5.41, 5.74) is 0.377. The van der Waals surface area contributed by atoms with E-state index in [4.69, 9.17) is 0 Å². The van der Waals surface area contributed by atoms with Gasteiger partial charge in [-0.2, -0.15) is 0 Å². The van der Waals surface area contributed by atoms with Crippen LogP contribution in [-0.2, 0) is 0 Å². The number of nitrogens with one attached hydrogen (secondary N) is 1. The molecule has 1 N–H and O–H groups in total. The van der Waals surface area contributed by atoms with Crippen LogP contribution in [0, 0.1) is 11.3 Å². The number of rotatable bonds is 2. The van der Waals surface area contributed by atoms with E-state index in [1.54, 1.807) is 0 Å². The largest absolute Gasteiger partial charge is 0.338 e. The molecule has 0 radical (unpaired) electrons. The van der Waals surface area contributed by atoms with E-state index in [0.717, 1.165) is 26.1 Å². The van der Waals surface area contributed by atoms with E-state index in [2.05, 4.69) is 26.1 Å². The van der Waals surface area contributed by atoms with Gasteiger partial charge in [-0.15, -0.1) is 0 Å². The smallest absolute Gasteiger partial charge is 0.317 e. The summed E-state index contributed by atoms with van der Waals surface area (Å²) in [6, 6.07) is 0.105. The summed E-state index contributed by atoms with van der Waals surface area (Å²) in [5, 5.41) is 2.86. The SMILES string of the molecule is CCNC(=O)N1CC[C@H](CC(C)(C)C)C1. The first-order valence-electron chi connectivity index (χ1n) is 5.95. The quantitative estimate of drug-likeness (QED) is 0.749. The average molecular weight is 212 g/mol. The third-order valence-electron chi connectivity index (χ3n) is 2.80. The maximum Gasteiger partial charge on any atom is 0.317 e. The topological polar surface area (TPSA) is 32.3 Å². The Kier molecular flexibility index (Phi) is 4.00. The molecule has 1 aliphatic heterocycles. The van der Waals surface area contributed by atoms with Crippen LogP contribution in [0.3, 0.4) is 0 Å². The minimum Gasteiger partial charge on any atom is -0.338 e. The number of carbonyl (C=O) groups is 1. The number of carbonyl (C=O) groups excluding carboxylic acids is 1. The summed E-state index contributed by atoms with van der Waals surface area (Å²) >= 11 is 0. The average Bonchev–Trinajstić information content (AvgIpc) is 2.50. The van der Waals surface area contributed by atoms with Crippen molar-refractivity contribution in [3.8, 4) is 0 Å². The standard InChI is InChI=1S/C12H24N2O/c1-5-13-11(15)14-7-6-10(9-14)8-12(2,3)4/h10H,5-9H2,1-4H3,(H,13,15)/t10-/m1/s1. The van der Waals surface area contributed by atoms with Gasteiger partial charge < -0.3 is 10.2 Å². The van der Waals surface area contributed by atoms with Crippen molar-refractivity contribution < 1.29 is 4.79 Å². The van der Waals surface area contributed by atoms with Gasteiger partial charge >= 0.3 is 6.03 Å². The number of urea groups is 1. The van der Waals surface area contributed by atoms with Crippen molar-refractivity contribution in [2.75, 3.05) is 19.6 Å². The number of hydrogen-bond acceptors (Lipinski definition) is 1. The molecule has 3 heteroatoms. The molecule has 0 saturated carbocycles. The first-order valence-corrected chi connectivity index (χ1v) is 5.95. The molecule has 0 bridgehead atoms. The van der Waals surface area contributed by atoms with Crippen molar-refractivity contribution in [1.82, 2.24) is 10.2 Å². The summed E-state index contributed by atoms with van der Waals surface area (Å²) < 4.78 is 0. The third-order valence-corrected chi connectivity index (χ3v) is 2.80. The molecule has 0 aromatic heterocycles. The van der Waals surface area contributed by atoms with Crippen LogP contribution in [0.4, 0.5) is 4.79 Å². The van der Waals surface area contributed by atoms with Gasteiger partial charge in [-0.3, -0.25) is 0 Å². The molecule has 1 fully saturated rings. The highest BCUT2D eigenvalue weighted by Crippen LogP contribution is 2.30. The van der Waals surface area contributed by atoms with E-state index in [9.17, 15) is 4.79 Å². The van der Waals surface area contributed by atoms with Crippen molar-refractivity contribution in [1.29, 1.82) is 0 Å². The van der Waals surface area contributed by atoms with Crippen LogP contribution in [-0.4, -0.2) is 30.6 Å². The molecule has 0 aromatic carbocycles. The fraction of sp³-hybridized carbons (Fsp3) is 0.917. The molecule has 3 nitrogen and oxygen atoms in total. The van der Waals surface area contributed by atoms with Gasteiger partial charge in [-0.1, -0.05) is 20.8 Å². The maximum atomic E-state index is 11.6. The van der Waals surface area contributed by atoms with Crippen molar-refractivity contribution in [2.24, 2.45) is 11.3 Å². The Morgan fingerprint density at radius 2 is 2.13 bits per heavy atom. The van der Waals surface area contributed by atoms with Gasteiger partial charge in [-0.05, 0) is 31.1 Å². The lowest BCUT2D eigenvalue weighted by molar-refractivity contribution is 0.205. The number of hydrogen-bond donors (Lipinski definition) is 1.